The van der Waals surface area contributed by atoms with E-state index in [0.717, 1.165) is 37.0 Å². The zero-order valence-electron chi connectivity index (χ0n) is 13.3. The number of nitrogens with one attached hydrogen (secondary N) is 1. The molecular weight excluding hydrogens is 276 g/mol. The normalized spacial score (nSPS) is 25.3. The molecule has 1 saturated carbocycles. The number of hydrogen-bond donors (Lipinski definition) is 2. The Morgan fingerprint density at radius 1 is 1.45 bits per heavy atom. The van der Waals surface area contributed by atoms with Crippen molar-refractivity contribution in [3.8, 4) is 0 Å². The second-order valence-corrected chi connectivity index (χ2v) is 6.73. The quantitative estimate of drug-likeness (QED) is 0.912. The van der Waals surface area contributed by atoms with Crippen LogP contribution in [0.2, 0.25) is 0 Å². The fourth-order valence-corrected chi connectivity index (χ4v) is 3.33. The van der Waals surface area contributed by atoms with E-state index in [9.17, 15) is 4.79 Å². The van der Waals surface area contributed by atoms with Crippen LogP contribution in [0.1, 0.15) is 43.9 Å². The van der Waals surface area contributed by atoms with Gasteiger partial charge in [0.1, 0.15) is 5.65 Å². The highest BCUT2D eigenvalue weighted by atomic mass is 16.1. The van der Waals surface area contributed by atoms with Crippen LogP contribution < -0.4 is 11.1 Å². The van der Waals surface area contributed by atoms with Gasteiger partial charge in [0.2, 0.25) is 5.91 Å². The lowest BCUT2D eigenvalue weighted by Crippen LogP contribution is -2.52. The predicted molar refractivity (Wildman–Crippen MR) is 86.3 cm³/mol. The van der Waals surface area contributed by atoms with Crippen molar-refractivity contribution in [3.63, 3.8) is 0 Å². The van der Waals surface area contributed by atoms with Gasteiger partial charge in [-0.15, -0.1) is 0 Å². The summed E-state index contributed by atoms with van der Waals surface area (Å²) in [5.74, 6) is -0.0431. The van der Waals surface area contributed by atoms with E-state index in [4.69, 9.17) is 5.73 Å². The number of hydrogen-bond acceptors (Lipinski definition) is 3. The average molecular weight is 300 g/mol. The molecule has 5 nitrogen and oxygen atoms in total. The van der Waals surface area contributed by atoms with E-state index in [2.05, 4.69) is 10.3 Å². The van der Waals surface area contributed by atoms with Crippen LogP contribution in [0.4, 0.5) is 0 Å². The smallest absolute Gasteiger partial charge is 0.225 e. The first-order chi connectivity index (χ1) is 10.5. The van der Waals surface area contributed by atoms with E-state index in [1.165, 1.54) is 5.56 Å². The Labute approximate surface area is 130 Å². The predicted octanol–water partition coefficient (Wildman–Crippen LogP) is 2.17. The standard InChI is InChI=1S/C17H24N4O/c1-12-6-7-15-20-13(11-21(15)10-12)9-19-16(22)14-5-3-4-8-17(14,2)18/h6-7,10-11,14H,3-5,8-9,18H2,1-2H3,(H,19,22). The van der Waals surface area contributed by atoms with Gasteiger partial charge in [-0.1, -0.05) is 18.9 Å². The number of pyridine rings is 1. The number of carbonyl (C=O) groups is 1. The molecule has 0 spiro atoms. The zero-order valence-corrected chi connectivity index (χ0v) is 13.3. The maximum atomic E-state index is 12.4. The molecule has 0 bridgehead atoms. The van der Waals surface area contributed by atoms with Crippen LogP contribution in [0, 0.1) is 12.8 Å². The lowest BCUT2D eigenvalue weighted by molar-refractivity contribution is -0.128. The Morgan fingerprint density at radius 3 is 3.05 bits per heavy atom. The fraction of sp³-hybridized carbons (Fsp3) is 0.529. The SMILES string of the molecule is Cc1ccc2nc(CNC(=O)C3CCCCC3(C)N)cn2c1. The molecule has 0 radical (unpaired) electrons. The number of aryl methyl sites for hydroxylation is 1. The van der Waals surface area contributed by atoms with E-state index < -0.39 is 5.54 Å². The van der Waals surface area contributed by atoms with E-state index in [1.54, 1.807) is 0 Å². The van der Waals surface area contributed by atoms with Crippen LogP contribution in [-0.2, 0) is 11.3 Å². The van der Waals surface area contributed by atoms with Crippen LogP contribution in [0.5, 0.6) is 0 Å². The molecule has 2 aromatic rings. The Balaban J connectivity index is 1.66. The molecule has 2 aromatic heterocycles. The highest BCUT2D eigenvalue weighted by molar-refractivity contribution is 5.80. The average Bonchev–Trinajstić information content (AvgIpc) is 2.86. The largest absolute Gasteiger partial charge is 0.350 e. The summed E-state index contributed by atoms with van der Waals surface area (Å²) in [5.41, 5.74) is 8.85. The van der Waals surface area contributed by atoms with Gasteiger partial charge in [-0.25, -0.2) is 4.98 Å². The third kappa shape index (κ3) is 2.99. The minimum atomic E-state index is -0.391. The van der Waals surface area contributed by atoms with Crippen LogP contribution in [0.15, 0.2) is 24.5 Å². The molecule has 1 fully saturated rings. The molecule has 1 aliphatic rings. The molecule has 0 saturated heterocycles. The van der Waals surface area contributed by atoms with Crippen LogP contribution in [0.25, 0.3) is 5.65 Å². The molecule has 2 heterocycles. The van der Waals surface area contributed by atoms with Crippen molar-refractivity contribution in [2.75, 3.05) is 0 Å². The first kappa shape index (κ1) is 15.0. The van der Waals surface area contributed by atoms with E-state index in [-0.39, 0.29) is 11.8 Å². The summed E-state index contributed by atoms with van der Waals surface area (Å²) < 4.78 is 1.99. The summed E-state index contributed by atoms with van der Waals surface area (Å²) in [6.07, 6.45) is 7.99. The molecule has 22 heavy (non-hydrogen) atoms. The number of imidazole rings is 1. The summed E-state index contributed by atoms with van der Waals surface area (Å²) in [6, 6.07) is 4.02. The molecule has 5 heteroatoms. The highest BCUT2D eigenvalue weighted by Gasteiger charge is 2.37. The van der Waals surface area contributed by atoms with E-state index in [1.807, 2.05) is 42.8 Å². The first-order valence-electron chi connectivity index (χ1n) is 7.96. The Morgan fingerprint density at radius 2 is 2.27 bits per heavy atom. The van der Waals surface area contributed by atoms with Crippen molar-refractivity contribution < 1.29 is 4.79 Å². The lowest BCUT2D eigenvalue weighted by atomic mass is 9.74. The van der Waals surface area contributed by atoms with Gasteiger partial charge < -0.3 is 15.5 Å². The van der Waals surface area contributed by atoms with Gasteiger partial charge in [0.15, 0.2) is 0 Å². The number of rotatable bonds is 3. The monoisotopic (exact) mass is 300 g/mol. The van der Waals surface area contributed by atoms with Crippen LogP contribution >= 0.6 is 0 Å². The molecule has 1 amide bonds. The Kier molecular flexibility index (Phi) is 3.91. The number of nitrogens with two attached hydrogens (primary N) is 1. The zero-order chi connectivity index (χ0) is 15.7. The fourth-order valence-electron chi connectivity index (χ4n) is 3.33. The summed E-state index contributed by atoms with van der Waals surface area (Å²) in [4.78, 5) is 17.0. The molecule has 3 N–H and O–H groups in total. The van der Waals surface area contributed by atoms with Crippen molar-refractivity contribution in [1.82, 2.24) is 14.7 Å². The lowest BCUT2D eigenvalue weighted by Gasteiger charge is -2.37. The number of amides is 1. The maximum absolute atomic E-state index is 12.4. The van der Waals surface area contributed by atoms with Crippen molar-refractivity contribution in [2.24, 2.45) is 11.7 Å². The summed E-state index contributed by atoms with van der Waals surface area (Å²) in [7, 11) is 0. The Hall–Kier alpha value is -1.88. The second kappa shape index (κ2) is 5.72. The number of nitrogens with zero attached hydrogens (tertiary/aromatic N) is 2. The Bertz CT molecular complexity index is 689. The van der Waals surface area contributed by atoms with Crippen molar-refractivity contribution in [2.45, 2.75) is 51.6 Å². The summed E-state index contributed by atoms with van der Waals surface area (Å²) in [6.45, 7) is 4.49. The van der Waals surface area contributed by atoms with Crippen LogP contribution in [-0.4, -0.2) is 20.8 Å². The van der Waals surface area contributed by atoms with E-state index in [0.29, 0.717) is 6.54 Å². The molecule has 2 atom stereocenters. The van der Waals surface area contributed by atoms with Crippen LogP contribution in [0.3, 0.4) is 0 Å². The molecular formula is C17H24N4O. The van der Waals surface area contributed by atoms with E-state index >= 15 is 0 Å². The molecule has 2 unspecified atom stereocenters. The van der Waals surface area contributed by atoms with Gasteiger partial charge in [-0.05, 0) is 38.3 Å². The molecule has 0 aromatic carbocycles. The third-order valence-corrected chi connectivity index (χ3v) is 4.66. The minimum absolute atomic E-state index is 0.0536. The van der Waals surface area contributed by atoms with Gasteiger partial charge >= 0.3 is 0 Å². The topological polar surface area (TPSA) is 72.4 Å². The maximum Gasteiger partial charge on any atom is 0.225 e. The second-order valence-electron chi connectivity index (χ2n) is 6.73. The minimum Gasteiger partial charge on any atom is -0.350 e. The van der Waals surface area contributed by atoms with Gasteiger partial charge in [0.05, 0.1) is 18.2 Å². The van der Waals surface area contributed by atoms with Gasteiger partial charge in [-0.2, -0.15) is 0 Å². The summed E-state index contributed by atoms with van der Waals surface area (Å²) in [5, 5.41) is 3.01. The summed E-state index contributed by atoms with van der Waals surface area (Å²) >= 11 is 0. The molecule has 0 aliphatic heterocycles. The third-order valence-electron chi connectivity index (χ3n) is 4.66. The number of fused-ring (bicyclic) bond motifs is 1. The van der Waals surface area contributed by atoms with Crippen molar-refractivity contribution >= 4 is 11.6 Å². The van der Waals surface area contributed by atoms with Gasteiger partial charge in [0.25, 0.3) is 0 Å². The first-order valence-corrected chi connectivity index (χ1v) is 7.96. The van der Waals surface area contributed by atoms with Crippen molar-refractivity contribution in [3.05, 3.63) is 35.8 Å². The van der Waals surface area contributed by atoms with Crippen molar-refractivity contribution in [1.29, 1.82) is 0 Å². The number of aromatic nitrogens is 2. The number of carbonyl (C=O) groups excluding carboxylic acids is 1. The van der Waals surface area contributed by atoms with Gasteiger partial charge in [-0.3, -0.25) is 4.79 Å². The molecule has 118 valence electrons. The van der Waals surface area contributed by atoms with Gasteiger partial charge in [0, 0.05) is 17.9 Å². The molecule has 3 rings (SSSR count). The molecule has 1 aliphatic carbocycles. The highest BCUT2D eigenvalue weighted by Crippen LogP contribution is 2.31.